The van der Waals surface area contributed by atoms with Gasteiger partial charge in [-0.05, 0) is 62.5 Å². The third kappa shape index (κ3) is 18.1. The van der Waals surface area contributed by atoms with E-state index in [1.165, 1.54) is 63.4 Å². The van der Waals surface area contributed by atoms with Crippen LogP contribution in [0.15, 0.2) is 72.8 Å². The molecule has 1 aliphatic carbocycles. The molecular weight excluding hydrogens is 556 g/mol. The monoisotopic (exact) mass is 608 g/mol. The Labute approximate surface area is 263 Å². The highest BCUT2D eigenvalue weighted by molar-refractivity contribution is 5.84. The first-order valence-corrected chi connectivity index (χ1v) is 16.4. The van der Waals surface area contributed by atoms with Crippen molar-refractivity contribution in [3.05, 3.63) is 94.1 Å². The molecule has 0 heterocycles. The minimum atomic E-state index is -0.853. The molecule has 8 nitrogen and oxygen atoms in total. The molecule has 0 aromatic heterocycles. The van der Waals surface area contributed by atoms with Gasteiger partial charge in [-0.3, -0.25) is 4.79 Å². The third-order valence-corrected chi connectivity index (χ3v) is 7.79. The van der Waals surface area contributed by atoms with Crippen LogP contribution >= 0.6 is 0 Å². The number of ether oxygens (including phenoxy) is 1. The molecule has 242 valence electrons. The Balaban J connectivity index is 0.000000354. The Hall–Kier alpha value is -3.68. The maximum absolute atomic E-state index is 12.4. The number of rotatable bonds is 20. The second-order valence-electron chi connectivity index (χ2n) is 11.4. The molecule has 0 aliphatic heterocycles. The van der Waals surface area contributed by atoms with Crippen molar-refractivity contribution in [3.63, 3.8) is 0 Å². The largest absolute Gasteiger partial charge is 0.464 e. The van der Waals surface area contributed by atoms with Crippen molar-refractivity contribution in [2.45, 2.75) is 109 Å². The first-order valence-electron chi connectivity index (χ1n) is 16.4. The summed E-state index contributed by atoms with van der Waals surface area (Å²) in [6.45, 7) is 2.00. The number of esters is 1. The minimum absolute atomic E-state index is 0.0407. The Bertz CT molecular complexity index is 1070. The predicted molar refractivity (Wildman–Crippen MR) is 174 cm³/mol. The van der Waals surface area contributed by atoms with Gasteiger partial charge in [-0.25, -0.2) is 4.79 Å². The highest BCUT2D eigenvalue weighted by atomic mass is 16.9. The number of allylic oxidation sites excluding steroid dienone is 2. The maximum atomic E-state index is 12.4. The molecule has 8 heteroatoms. The summed E-state index contributed by atoms with van der Waals surface area (Å²) in [5.74, 6) is 0.374. The van der Waals surface area contributed by atoms with Crippen LogP contribution < -0.4 is 5.32 Å². The van der Waals surface area contributed by atoms with Gasteiger partial charge in [0.05, 0.1) is 13.2 Å². The van der Waals surface area contributed by atoms with Gasteiger partial charge in [-0.1, -0.05) is 118 Å². The van der Waals surface area contributed by atoms with Gasteiger partial charge in [0.25, 0.3) is 5.09 Å². The molecule has 1 atom stereocenters. The van der Waals surface area contributed by atoms with E-state index in [2.05, 4.69) is 40.5 Å². The van der Waals surface area contributed by atoms with Crippen LogP contribution in [-0.2, 0) is 32.0 Å². The quantitative estimate of drug-likeness (QED) is 0.0537. The van der Waals surface area contributed by atoms with Crippen molar-refractivity contribution in [2.24, 2.45) is 5.92 Å². The van der Waals surface area contributed by atoms with Crippen LogP contribution in [0.3, 0.4) is 0 Å². The van der Waals surface area contributed by atoms with Crippen molar-refractivity contribution < 1.29 is 24.3 Å². The van der Waals surface area contributed by atoms with Gasteiger partial charge in [-0.15, -0.1) is 10.1 Å². The van der Waals surface area contributed by atoms with E-state index in [0.717, 1.165) is 17.9 Å². The van der Waals surface area contributed by atoms with Gasteiger partial charge in [0.15, 0.2) is 0 Å². The summed E-state index contributed by atoms with van der Waals surface area (Å²) in [6.07, 6.45) is 20.0. The lowest BCUT2D eigenvalue weighted by molar-refractivity contribution is -0.757. The molecule has 1 N–H and O–H groups in total. The van der Waals surface area contributed by atoms with E-state index in [1.54, 1.807) is 0 Å². The summed E-state index contributed by atoms with van der Waals surface area (Å²) in [6, 6.07) is 19.5. The van der Waals surface area contributed by atoms with Crippen molar-refractivity contribution in [1.82, 2.24) is 5.32 Å². The Kier molecular flexibility index (Phi) is 19.7. The van der Waals surface area contributed by atoms with E-state index in [4.69, 9.17) is 4.74 Å². The molecule has 1 unspecified atom stereocenters. The fourth-order valence-electron chi connectivity index (χ4n) is 5.36. The third-order valence-electron chi connectivity index (χ3n) is 7.79. The number of hydrogen-bond donors (Lipinski definition) is 1. The summed E-state index contributed by atoms with van der Waals surface area (Å²) in [7, 11) is 0. The summed E-state index contributed by atoms with van der Waals surface area (Å²) < 4.78 is 5.24. The molecular formula is C36H52N2O6. The van der Waals surface area contributed by atoms with Gasteiger partial charge in [0.1, 0.15) is 6.04 Å². The van der Waals surface area contributed by atoms with Crippen LogP contribution in [0.1, 0.15) is 102 Å². The second-order valence-corrected chi connectivity index (χ2v) is 11.4. The fraction of sp³-hybridized carbons (Fsp3) is 0.556. The van der Waals surface area contributed by atoms with Crippen LogP contribution in [0, 0.1) is 16.0 Å². The number of amides is 1. The normalized spacial score (nSPS) is 13.6. The lowest BCUT2D eigenvalue weighted by atomic mass is 9.98. The van der Waals surface area contributed by atoms with Crippen LogP contribution in [0.4, 0.5) is 0 Å². The average molecular weight is 609 g/mol. The number of benzene rings is 2. The number of aryl methyl sites for hydroxylation is 1. The van der Waals surface area contributed by atoms with Gasteiger partial charge in [-0.2, -0.15) is 0 Å². The van der Waals surface area contributed by atoms with Crippen molar-refractivity contribution in [1.29, 1.82) is 0 Å². The first-order chi connectivity index (χ1) is 21.5. The zero-order chi connectivity index (χ0) is 31.7. The van der Waals surface area contributed by atoms with Crippen LogP contribution in [0.2, 0.25) is 0 Å². The van der Waals surface area contributed by atoms with Crippen molar-refractivity contribution in [2.75, 3.05) is 13.2 Å². The van der Waals surface area contributed by atoms with Crippen LogP contribution in [0.5, 0.6) is 0 Å². The molecule has 2 aromatic rings. The number of carbonyl (C=O) groups excluding carboxylic acids is 2. The number of unbranched alkanes of at least 4 members (excludes halogenated alkanes) is 4. The molecule has 2 aromatic carbocycles. The molecule has 0 spiro atoms. The number of nitrogens with zero attached hydrogens (tertiary/aromatic N) is 1. The zero-order valence-corrected chi connectivity index (χ0v) is 26.5. The number of nitrogens with one attached hydrogen (secondary N) is 1. The van der Waals surface area contributed by atoms with Gasteiger partial charge < -0.3 is 14.9 Å². The smallest absolute Gasteiger partial charge is 0.328 e. The van der Waals surface area contributed by atoms with Crippen molar-refractivity contribution in [3.8, 4) is 0 Å². The Morgan fingerprint density at radius 2 is 1.57 bits per heavy atom. The molecule has 44 heavy (non-hydrogen) atoms. The van der Waals surface area contributed by atoms with Crippen LogP contribution in [-0.4, -0.2) is 36.2 Å². The molecule has 1 saturated carbocycles. The van der Waals surface area contributed by atoms with Crippen LogP contribution in [0.25, 0.3) is 0 Å². The SMILES string of the molecule is C/C=C\CCCC(=O)NC(Cc1ccccc1)C(=O)OCCCCO[N+](=O)[O-].c1ccc(CCCCCC2CCCC2)cc1. The lowest BCUT2D eigenvalue weighted by Gasteiger charge is -2.18. The predicted octanol–water partition coefficient (Wildman–Crippen LogP) is 7.97. The number of hydrogen-bond acceptors (Lipinski definition) is 6. The minimum Gasteiger partial charge on any atom is -0.464 e. The highest BCUT2D eigenvalue weighted by Gasteiger charge is 2.22. The average Bonchev–Trinajstić information content (AvgIpc) is 3.55. The lowest BCUT2D eigenvalue weighted by Crippen LogP contribution is -2.43. The molecule has 0 saturated heterocycles. The topological polar surface area (TPSA) is 108 Å². The van der Waals surface area contributed by atoms with Crippen molar-refractivity contribution >= 4 is 11.9 Å². The summed E-state index contributed by atoms with van der Waals surface area (Å²) in [4.78, 5) is 38.9. The second kappa shape index (κ2) is 23.7. The van der Waals surface area contributed by atoms with E-state index in [0.29, 0.717) is 32.1 Å². The summed E-state index contributed by atoms with van der Waals surface area (Å²) in [5.41, 5.74) is 2.42. The fourth-order valence-corrected chi connectivity index (χ4v) is 5.36. The molecule has 1 aliphatic rings. The first kappa shape index (κ1) is 36.5. The molecule has 0 bridgehead atoms. The number of carbonyl (C=O) groups is 2. The highest BCUT2D eigenvalue weighted by Crippen LogP contribution is 2.29. The molecule has 3 rings (SSSR count). The summed E-state index contributed by atoms with van der Waals surface area (Å²) >= 11 is 0. The Morgan fingerprint density at radius 3 is 2.23 bits per heavy atom. The van der Waals surface area contributed by atoms with Gasteiger partial charge in [0.2, 0.25) is 5.91 Å². The van der Waals surface area contributed by atoms with E-state index < -0.39 is 17.1 Å². The molecule has 0 radical (unpaired) electrons. The van der Waals surface area contributed by atoms with Gasteiger partial charge >= 0.3 is 5.97 Å². The standard InChI is InChI=1S/C20H28N2O6.C16H24/c1-2-3-4-8-13-19(23)21-18(16-17-11-6-5-7-12-17)20(24)27-14-9-10-15-28-22(25)26;1-3-9-15(10-4-1)11-5-2-6-12-16-13-7-8-14-16/h2-3,5-7,11-12,18H,4,8-10,13-16H2,1H3,(H,21,23);1,3-4,9-10,16H,2,5-8,11-14H2/b3-2-;. The molecule has 1 fully saturated rings. The summed E-state index contributed by atoms with van der Waals surface area (Å²) in [5, 5.41) is 12.0. The zero-order valence-electron chi connectivity index (χ0n) is 26.5. The Morgan fingerprint density at radius 1 is 0.909 bits per heavy atom. The van der Waals surface area contributed by atoms with E-state index in [-0.39, 0.29) is 19.1 Å². The molecule has 1 amide bonds. The van der Waals surface area contributed by atoms with E-state index in [9.17, 15) is 19.7 Å². The van der Waals surface area contributed by atoms with Gasteiger partial charge in [0, 0.05) is 12.8 Å². The van der Waals surface area contributed by atoms with E-state index in [1.807, 2.05) is 49.4 Å². The maximum Gasteiger partial charge on any atom is 0.328 e. The van der Waals surface area contributed by atoms with E-state index >= 15 is 0 Å².